The Balaban J connectivity index is 1.43. The molecule has 1 amide bonds. The SMILES string of the molecule is CO[C@H]1/C=C\C[C@H]([C@H](C)O)[C@@H](C)S(=O)(=O)NC(=O)c2ccc3c(c2)N(C[C@@H]2CC[C@H]21)C[C@@]1(CCCc2cc(Cl)ccc21)CO3. The number of hydrogen-bond donors (Lipinski definition) is 2. The van der Waals surface area contributed by atoms with Gasteiger partial charge in [0.1, 0.15) is 5.75 Å². The number of nitrogens with one attached hydrogen (secondary N) is 1. The Labute approximate surface area is 265 Å². The fourth-order valence-electron chi connectivity index (χ4n) is 7.85. The molecule has 4 aliphatic rings. The maximum Gasteiger partial charge on any atom is 0.264 e. The molecule has 0 radical (unpaired) electrons. The molecule has 44 heavy (non-hydrogen) atoms. The second-order valence-corrected chi connectivity index (χ2v) is 15.7. The van der Waals surface area contributed by atoms with Crippen molar-refractivity contribution >= 4 is 33.2 Å². The van der Waals surface area contributed by atoms with Crippen molar-refractivity contribution in [2.24, 2.45) is 17.8 Å². The predicted molar refractivity (Wildman–Crippen MR) is 172 cm³/mol. The molecule has 1 saturated carbocycles. The Bertz CT molecular complexity index is 1540. The van der Waals surface area contributed by atoms with E-state index in [2.05, 4.69) is 21.8 Å². The number of rotatable bonds is 2. The van der Waals surface area contributed by atoms with E-state index in [9.17, 15) is 18.3 Å². The van der Waals surface area contributed by atoms with E-state index in [4.69, 9.17) is 21.1 Å². The molecule has 2 aromatic rings. The summed E-state index contributed by atoms with van der Waals surface area (Å²) in [6.45, 7) is 5.10. The second kappa shape index (κ2) is 12.3. The van der Waals surface area contributed by atoms with Gasteiger partial charge in [-0.3, -0.25) is 4.79 Å². The molecule has 238 valence electrons. The van der Waals surface area contributed by atoms with Gasteiger partial charge in [0.05, 0.1) is 29.8 Å². The lowest BCUT2D eigenvalue weighted by molar-refractivity contribution is 0.0130. The number of amides is 1. The van der Waals surface area contributed by atoms with Gasteiger partial charge in [0.2, 0.25) is 10.0 Å². The fourth-order valence-corrected chi connectivity index (χ4v) is 9.41. The lowest BCUT2D eigenvalue weighted by Crippen LogP contribution is -2.49. The van der Waals surface area contributed by atoms with Crippen LogP contribution >= 0.6 is 11.6 Å². The van der Waals surface area contributed by atoms with Crippen molar-refractivity contribution in [3.8, 4) is 5.75 Å². The Morgan fingerprint density at radius 1 is 1.20 bits per heavy atom. The van der Waals surface area contributed by atoms with Crippen molar-refractivity contribution in [2.75, 3.05) is 31.7 Å². The molecular formula is C34H43ClN2O6S. The first kappa shape index (κ1) is 31.4. The summed E-state index contributed by atoms with van der Waals surface area (Å²) in [7, 11) is -2.37. The van der Waals surface area contributed by atoms with Crippen molar-refractivity contribution in [1.29, 1.82) is 0 Å². The van der Waals surface area contributed by atoms with Crippen LogP contribution in [0.4, 0.5) is 5.69 Å². The zero-order valence-corrected chi connectivity index (χ0v) is 27.2. The standard InChI is InChI=1S/C34H43ClN2O6S/c1-21(38)27-7-4-8-31(42-3)28-12-9-25(28)18-37-19-34(15-5-6-23-16-26(35)11-13-29(23)34)20-43-32-14-10-24(17-30(32)37)33(39)36-44(40,41)22(27)2/h4,8,10-11,13-14,16-17,21-22,25,27-28,31,38H,5-7,9,12,15,18-20H2,1-3H3,(H,36,39)/b8-4-/t21-,22+,25-,27+,28+,31-,34-/m0/s1. The molecule has 0 saturated heterocycles. The van der Waals surface area contributed by atoms with Gasteiger partial charge >= 0.3 is 0 Å². The van der Waals surface area contributed by atoms with Crippen LogP contribution in [0.25, 0.3) is 0 Å². The van der Waals surface area contributed by atoms with Gasteiger partial charge in [0.15, 0.2) is 0 Å². The van der Waals surface area contributed by atoms with Crippen LogP contribution in [-0.2, 0) is 26.6 Å². The van der Waals surface area contributed by atoms with Gasteiger partial charge in [0, 0.05) is 42.1 Å². The minimum atomic E-state index is -4.09. The normalized spacial score (nSPS) is 33.1. The number of aliphatic hydroxyl groups excluding tert-OH is 1. The average Bonchev–Trinajstić information content (AvgIpc) is 3.12. The number of aryl methyl sites for hydroxylation is 1. The number of ether oxygens (including phenoxy) is 2. The summed E-state index contributed by atoms with van der Waals surface area (Å²) in [5.41, 5.74) is 3.32. The summed E-state index contributed by atoms with van der Waals surface area (Å²) >= 11 is 6.41. The van der Waals surface area contributed by atoms with Crippen molar-refractivity contribution in [3.63, 3.8) is 0 Å². The van der Waals surface area contributed by atoms with E-state index >= 15 is 0 Å². The van der Waals surface area contributed by atoms with Gasteiger partial charge < -0.3 is 19.5 Å². The minimum absolute atomic E-state index is 0.122. The average molecular weight is 643 g/mol. The number of fused-ring (bicyclic) bond motifs is 4. The van der Waals surface area contributed by atoms with E-state index in [0.717, 1.165) is 49.4 Å². The maximum atomic E-state index is 13.5. The predicted octanol–water partition coefficient (Wildman–Crippen LogP) is 5.26. The van der Waals surface area contributed by atoms with Gasteiger partial charge in [-0.25, -0.2) is 13.1 Å². The highest BCUT2D eigenvalue weighted by Crippen LogP contribution is 2.47. The third-order valence-corrected chi connectivity index (χ3v) is 12.6. The molecule has 0 aromatic heterocycles. The summed E-state index contributed by atoms with van der Waals surface area (Å²) < 4.78 is 41.6. The molecule has 8 nitrogen and oxygen atoms in total. The molecule has 2 heterocycles. The first-order chi connectivity index (χ1) is 21.0. The van der Waals surface area contributed by atoms with Crippen LogP contribution < -0.4 is 14.4 Å². The smallest absolute Gasteiger partial charge is 0.264 e. The molecule has 10 heteroatoms. The molecule has 2 N–H and O–H groups in total. The molecule has 2 bridgehead atoms. The highest BCUT2D eigenvalue weighted by atomic mass is 35.5. The van der Waals surface area contributed by atoms with Crippen LogP contribution in [-0.4, -0.2) is 63.7 Å². The molecule has 1 spiro atoms. The van der Waals surface area contributed by atoms with Crippen LogP contribution in [0.15, 0.2) is 48.6 Å². The highest BCUT2D eigenvalue weighted by molar-refractivity contribution is 7.90. The number of allylic oxidation sites excluding steroid dienone is 1. The lowest BCUT2D eigenvalue weighted by Gasteiger charge is -2.46. The number of nitrogens with zero attached hydrogens (tertiary/aromatic N) is 1. The molecule has 6 rings (SSSR count). The number of anilines is 1. The van der Waals surface area contributed by atoms with Gasteiger partial charge in [-0.15, -0.1) is 0 Å². The fraction of sp³-hybridized carbons (Fsp3) is 0.559. The molecular weight excluding hydrogens is 600 g/mol. The lowest BCUT2D eigenvalue weighted by atomic mass is 9.68. The van der Waals surface area contributed by atoms with Crippen molar-refractivity contribution in [3.05, 3.63) is 70.3 Å². The topological polar surface area (TPSA) is 105 Å². The van der Waals surface area contributed by atoms with Crippen molar-refractivity contribution in [2.45, 2.75) is 75.2 Å². The van der Waals surface area contributed by atoms with E-state index in [0.29, 0.717) is 37.2 Å². The molecule has 1 fully saturated rings. The van der Waals surface area contributed by atoms with Gasteiger partial charge in [-0.2, -0.15) is 0 Å². The van der Waals surface area contributed by atoms with Crippen molar-refractivity contribution < 1.29 is 27.8 Å². The third kappa shape index (κ3) is 5.88. The number of sulfonamides is 1. The number of methoxy groups -OCH3 is 1. The summed E-state index contributed by atoms with van der Waals surface area (Å²) in [5.74, 6) is 0.0507. The molecule has 7 atom stereocenters. The zero-order valence-electron chi connectivity index (χ0n) is 25.7. The number of carbonyl (C=O) groups is 1. The van der Waals surface area contributed by atoms with Crippen molar-refractivity contribution in [1.82, 2.24) is 4.72 Å². The molecule has 2 aromatic carbocycles. The Hall–Kier alpha value is -2.59. The Morgan fingerprint density at radius 2 is 2.02 bits per heavy atom. The summed E-state index contributed by atoms with van der Waals surface area (Å²) in [6, 6.07) is 11.4. The monoisotopic (exact) mass is 642 g/mol. The molecule has 0 unspecified atom stereocenters. The van der Waals surface area contributed by atoms with Crippen LogP contribution in [0.1, 0.15) is 67.4 Å². The second-order valence-electron chi connectivity index (χ2n) is 13.2. The van der Waals surface area contributed by atoms with Crippen LogP contribution in [0, 0.1) is 17.8 Å². The molecule has 2 aliphatic heterocycles. The third-order valence-electron chi connectivity index (χ3n) is 10.6. The van der Waals surface area contributed by atoms with Gasteiger partial charge in [-0.05, 0) is 106 Å². The van der Waals surface area contributed by atoms with E-state index in [1.807, 2.05) is 18.2 Å². The largest absolute Gasteiger partial charge is 0.490 e. The number of carbonyl (C=O) groups excluding carboxylic acids is 1. The number of hydrogen-bond acceptors (Lipinski definition) is 7. The van der Waals surface area contributed by atoms with E-state index in [1.165, 1.54) is 11.1 Å². The number of halogens is 1. The quantitative estimate of drug-likeness (QED) is 0.431. The highest BCUT2D eigenvalue weighted by Gasteiger charge is 2.44. The van der Waals surface area contributed by atoms with Crippen LogP contribution in [0.2, 0.25) is 5.02 Å². The van der Waals surface area contributed by atoms with Crippen LogP contribution in [0.5, 0.6) is 5.75 Å². The zero-order chi connectivity index (χ0) is 31.2. The Kier molecular flexibility index (Phi) is 8.78. The molecule has 2 aliphatic carbocycles. The van der Waals surface area contributed by atoms with Gasteiger partial charge in [-0.1, -0.05) is 29.8 Å². The maximum absolute atomic E-state index is 13.5. The number of benzene rings is 2. The summed E-state index contributed by atoms with van der Waals surface area (Å²) in [4.78, 5) is 15.8. The van der Waals surface area contributed by atoms with Crippen LogP contribution in [0.3, 0.4) is 0 Å². The summed E-state index contributed by atoms with van der Waals surface area (Å²) in [6.07, 6.45) is 8.37. The minimum Gasteiger partial charge on any atom is -0.490 e. The summed E-state index contributed by atoms with van der Waals surface area (Å²) in [5, 5.41) is 10.2. The van der Waals surface area contributed by atoms with E-state index < -0.39 is 33.2 Å². The Morgan fingerprint density at radius 3 is 2.75 bits per heavy atom. The first-order valence-corrected chi connectivity index (χ1v) is 17.7. The van der Waals surface area contributed by atoms with Gasteiger partial charge in [0.25, 0.3) is 5.91 Å². The first-order valence-electron chi connectivity index (χ1n) is 15.8. The number of aliphatic hydroxyl groups is 1. The van der Waals surface area contributed by atoms with E-state index in [1.54, 1.807) is 39.2 Å². The van der Waals surface area contributed by atoms with E-state index in [-0.39, 0.29) is 17.1 Å².